The molecule has 26 heavy (non-hydrogen) atoms. The Morgan fingerprint density at radius 2 is 1.92 bits per heavy atom. The van der Waals surface area contributed by atoms with E-state index in [9.17, 15) is 4.79 Å². The lowest BCUT2D eigenvalue weighted by Crippen LogP contribution is -2.49. The molecule has 0 radical (unpaired) electrons. The van der Waals surface area contributed by atoms with Crippen molar-refractivity contribution in [2.45, 2.75) is 51.5 Å². The molecule has 1 aliphatic rings. The first kappa shape index (κ1) is 18.0. The molecule has 1 heterocycles. The summed E-state index contributed by atoms with van der Waals surface area (Å²) in [6.07, 6.45) is 3.10. The van der Waals surface area contributed by atoms with E-state index in [2.05, 4.69) is 15.6 Å². The van der Waals surface area contributed by atoms with Gasteiger partial charge < -0.3 is 20.1 Å². The van der Waals surface area contributed by atoms with Crippen molar-refractivity contribution in [3.63, 3.8) is 0 Å². The van der Waals surface area contributed by atoms with E-state index in [0.717, 1.165) is 24.1 Å². The van der Waals surface area contributed by atoms with Crippen LogP contribution < -0.4 is 15.4 Å². The summed E-state index contributed by atoms with van der Waals surface area (Å²) in [6.45, 7) is 4.23. The molecule has 6 nitrogen and oxygen atoms in total. The maximum absolute atomic E-state index is 11.9. The standard InChI is InChI=1S/C20H25N3O3/c1-14(2)26-19-18(9-6-10-21-19)22-16-11-17(12-16)23-20(24)25-13-15-7-4-3-5-8-15/h3-10,14,16-17,22H,11-13H2,1-2H3,(H,23,24). The number of alkyl carbamates (subject to hydrolysis) is 1. The predicted molar refractivity (Wildman–Crippen MR) is 100 cm³/mol. The summed E-state index contributed by atoms with van der Waals surface area (Å²) in [7, 11) is 0. The Labute approximate surface area is 153 Å². The van der Waals surface area contributed by atoms with Crippen molar-refractivity contribution in [3.8, 4) is 5.88 Å². The molecule has 2 N–H and O–H groups in total. The molecule has 0 unspecified atom stereocenters. The van der Waals surface area contributed by atoms with Gasteiger partial charge in [-0.2, -0.15) is 0 Å². The van der Waals surface area contributed by atoms with Crippen molar-refractivity contribution in [2.75, 3.05) is 5.32 Å². The highest BCUT2D eigenvalue weighted by Crippen LogP contribution is 2.29. The highest BCUT2D eigenvalue weighted by molar-refractivity contribution is 5.68. The lowest BCUT2D eigenvalue weighted by Gasteiger charge is -2.36. The molecule has 1 aromatic heterocycles. The molecule has 6 heteroatoms. The third-order valence-corrected chi connectivity index (χ3v) is 4.15. The number of rotatable bonds is 7. The zero-order valence-corrected chi connectivity index (χ0v) is 15.1. The average Bonchev–Trinajstić information content (AvgIpc) is 2.60. The topological polar surface area (TPSA) is 72.5 Å². The number of aromatic nitrogens is 1. The van der Waals surface area contributed by atoms with E-state index in [1.54, 1.807) is 6.20 Å². The maximum atomic E-state index is 11.9. The van der Waals surface area contributed by atoms with Crippen molar-refractivity contribution in [1.29, 1.82) is 0 Å². The molecule has 0 bridgehead atoms. The summed E-state index contributed by atoms with van der Waals surface area (Å²) in [5, 5.41) is 6.33. The van der Waals surface area contributed by atoms with E-state index in [1.807, 2.05) is 56.3 Å². The van der Waals surface area contributed by atoms with Crippen molar-refractivity contribution >= 4 is 11.8 Å². The number of nitrogens with one attached hydrogen (secondary N) is 2. The van der Waals surface area contributed by atoms with Crippen LogP contribution in [0.5, 0.6) is 5.88 Å². The van der Waals surface area contributed by atoms with E-state index < -0.39 is 0 Å². The average molecular weight is 355 g/mol. The molecular weight excluding hydrogens is 330 g/mol. The van der Waals surface area contributed by atoms with Gasteiger partial charge in [0.15, 0.2) is 0 Å². The molecule has 0 atom stereocenters. The third kappa shape index (κ3) is 5.12. The minimum absolute atomic E-state index is 0.0700. The molecule has 0 spiro atoms. The van der Waals surface area contributed by atoms with Crippen LogP contribution in [0, 0.1) is 0 Å². The van der Waals surface area contributed by atoms with Crippen LogP contribution in [0.4, 0.5) is 10.5 Å². The smallest absolute Gasteiger partial charge is 0.407 e. The van der Waals surface area contributed by atoms with Crippen LogP contribution in [0.3, 0.4) is 0 Å². The van der Waals surface area contributed by atoms with Gasteiger partial charge in [-0.05, 0) is 44.4 Å². The molecule has 138 valence electrons. The number of pyridine rings is 1. The van der Waals surface area contributed by atoms with Crippen LogP contribution in [-0.2, 0) is 11.3 Å². The molecule has 1 saturated carbocycles. The normalized spacial score (nSPS) is 18.7. The minimum atomic E-state index is -0.373. The molecule has 1 aliphatic carbocycles. The van der Waals surface area contributed by atoms with Gasteiger partial charge in [0.25, 0.3) is 0 Å². The van der Waals surface area contributed by atoms with Gasteiger partial charge in [-0.25, -0.2) is 9.78 Å². The first-order valence-electron chi connectivity index (χ1n) is 8.95. The number of carbonyl (C=O) groups is 1. The Kier molecular flexibility index (Phi) is 5.94. The van der Waals surface area contributed by atoms with E-state index in [1.165, 1.54) is 0 Å². The number of hydrogen-bond donors (Lipinski definition) is 2. The quantitative estimate of drug-likeness (QED) is 0.792. The number of carbonyl (C=O) groups excluding carboxylic acids is 1. The Bertz CT molecular complexity index is 715. The van der Waals surface area contributed by atoms with Gasteiger partial charge in [0.1, 0.15) is 6.61 Å². The number of ether oxygens (including phenoxy) is 2. The fraction of sp³-hybridized carbons (Fsp3) is 0.400. The fourth-order valence-corrected chi connectivity index (χ4v) is 2.82. The highest BCUT2D eigenvalue weighted by Gasteiger charge is 2.31. The first-order valence-corrected chi connectivity index (χ1v) is 8.95. The van der Waals surface area contributed by atoms with Gasteiger partial charge >= 0.3 is 6.09 Å². The van der Waals surface area contributed by atoms with Crippen molar-refractivity contribution in [1.82, 2.24) is 10.3 Å². The molecular formula is C20H25N3O3. The monoisotopic (exact) mass is 355 g/mol. The molecule has 0 aliphatic heterocycles. The van der Waals surface area contributed by atoms with E-state index in [-0.39, 0.29) is 30.9 Å². The van der Waals surface area contributed by atoms with Crippen LogP contribution >= 0.6 is 0 Å². The molecule has 1 amide bonds. The van der Waals surface area contributed by atoms with Gasteiger partial charge in [0.2, 0.25) is 5.88 Å². The molecule has 1 aromatic carbocycles. The minimum Gasteiger partial charge on any atom is -0.473 e. The van der Waals surface area contributed by atoms with Crippen molar-refractivity contribution in [2.24, 2.45) is 0 Å². The Morgan fingerprint density at radius 3 is 2.65 bits per heavy atom. The Morgan fingerprint density at radius 1 is 1.15 bits per heavy atom. The second-order valence-corrected chi connectivity index (χ2v) is 6.74. The lowest BCUT2D eigenvalue weighted by atomic mass is 9.86. The van der Waals surface area contributed by atoms with Crippen LogP contribution in [-0.4, -0.2) is 29.3 Å². The highest BCUT2D eigenvalue weighted by atomic mass is 16.5. The van der Waals surface area contributed by atoms with Crippen LogP contribution in [0.1, 0.15) is 32.3 Å². The Balaban J connectivity index is 1.40. The number of anilines is 1. The Hall–Kier alpha value is -2.76. The van der Waals surface area contributed by atoms with Gasteiger partial charge in [-0.15, -0.1) is 0 Å². The molecule has 1 fully saturated rings. The van der Waals surface area contributed by atoms with Crippen LogP contribution in [0.2, 0.25) is 0 Å². The maximum Gasteiger partial charge on any atom is 0.407 e. The summed E-state index contributed by atoms with van der Waals surface area (Å²) in [5.41, 5.74) is 1.86. The van der Waals surface area contributed by atoms with E-state index >= 15 is 0 Å². The van der Waals surface area contributed by atoms with Crippen LogP contribution in [0.25, 0.3) is 0 Å². The van der Waals surface area contributed by atoms with Gasteiger partial charge in [0.05, 0.1) is 11.8 Å². The lowest BCUT2D eigenvalue weighted by molar-refractivity contribution is 0.129. The zero-order valence-electron chi connectivity index (χ0n) is 15.1. The summed E-state index contributed by atoms with van der Waals surface area (Å²) in [6, 6.07) is 13.9. The summed E-state index contributed by atoms with van der Waals surface area (Å²) in [5.74, 6) is 0.612. The van der Waals surface area contributed by atoms with Crippen molar-refractivity contribution < 1.29 is 14.3 Å². The van der Waals surface area contributed by atoms with E-state index in [0.29, 0.717) is 5.88 Å². The number of amides is 1. The summed E-state index contributed by atoms with van der Waals surface area (Å²) in [4.78, 5) is 16.2. The predicted octanol–water partition coefficient (Wildman–Crippen LogP) is 3.74. The van der Waals surface area contributed by atoms with E-state index in [4.69, 9.17) is 9.47 Å². The fourth-order valence-electron chi connectivity index (χ4n) is 2.82. The van der Waals surface area contributed by atoms with Crippen molar-refractivity contribution in [3.05, 3.63) is 54.2 Å². The second-order valence-electron chi connectivity index (χ2n) is 6.74. The molecule has 2 aromatic rings. The van der Waals surface area contributed by atoms with Crippen LogP contribution in [0.15, 0.2) is 48.7 Å². The summed E-state index contributed by atoms with van der Waals surface area (Å²) >= 11 is 0. The molecule has 0 saturated heterocycles. The molecule has 3 rings (SSSR count). The zero-order chi connectivity index (χ0) is 18.4. The second kappa shape index (κ2) is 8.56. The number of nitrogens with zero attached hydrogens (tertiary/aromatic N) is 1. The number of hydrogen-bond acceptors (Lipinski definition) is 5. The summed E-state index contributed by atoms with van der Waals surface area (Å²) < 4.78 is 11.0. The van der Waals surface area contributed by atoms with Gasteiger partial charge in [-0.3, -0.25) is 0 Å². The first-order chi connectivity index (χ1) is 12.6. The van der Waals surface area contributed by atoms with Gasteiger partial charge in [0, 0.05) is 18.3 Å². The SMILES string of the molecule is CC(C)Oc1ncccc1NC1CC(NC(=O)OCc2ccccc2)C1. The van der Waals surface area contributed by atoms with Gasteiger partial charge in [-0.1, -0.05) is 30.3 Å². The third-order valence-electron chi connectivity index (χ3n) is 4.15. The number of benzene rings is 1. The largest absolute Gasteiger partial charge is 0.473 e.